The highest BCUT2D eigenvalue weighted by atomic mass is 16.9. The third-order valence-electron chi connectivity index (χ3n) is 2.29. The predicted molar refractivity (Wildman–Crippen MR) is 44.0 cm³/mol. The topological polar surface area (TPSA) is 69.9 Å². The highest BCUT2D eigenvalue weighted by Crippen LogP contribution is 2.27. The molecular weight excluding hydrogens is 160 g/mol. The molecule has 0 radical (unpaired) electrons. The maximum Gasteiger partial charge on any atom is 0.405 e. The Labute approximate surface area is 72.8 Å². The fourth-order valence-electron chi connectivity index (χ4n) is 0.911. The van der Waals surface area contributed by atoms with Crippen LogP contribution in [0.4, 0.5) is 0 Å². The second kappa shape index (κ2) is 3.70. The van der Waals surface area contributed by atoms with Gasteiger partial charge in [-0.2, -0.15) is 0 Å². The molecule has 74 valence electrons. The van der Waals surface area contributed by atoms with Gasteiger partial charge in [-0.25, -0.2) is 0 Å². The zero-order chi connectivity index (χ0) is 9.99. The summed E-state index contributed by atoms with van der Waals surface area (Å²) in [6.07, 6.45) is -2.44. The van der Waals surface area contributed by atoms with E-state index in [1.54, 1.807) is 6.92 Å². The van der Waals surface area contributed by atoms with Crippen LogP contribution < -0.4 is 0 Å². The summed E-state index contributed by atoms with van der Waals surface area (Å²) in [7, 11) is 0. The molecule has 0 aromatic carbocycles. The van der Waals surface area contributed by atoms with Crippen molar-refractivity contribution in [1.82, 2.24) is 0 Å². The summed E-state index contributed by atoms with van der Waals surface area (Å²) in [6, 6.07) is 0. The van der Waals surface area contributed by atoms with Gasteiger partial charge in [0.1, 0.15) is 0 Å². The molecular formula is C8H18O4. The zero-order valence-corrected chi connectivity index (χ0v) is 8.03. The van der Waals surface area contributed by atoms with E-state index in [9.17, 15) is 0 Å². The van der Waals surface area contributed by atoms with Gasteiger partial charge in [-0.15, -0.1) is 0 Å². The van der Waals surface area contributed by atoms with E-state index in [1.807, 2.05) is 20.8 Å². The van der Waals surface area contributed by atoms with E-state index in [0.717, 1.165) is 0 Å². The zero-order valence-electron chi connectivity index (χ0n) is 8.03. The van der Waals surface area contributed by atoms with E-state index < -0.39 is 11.8 Å². The molecule has 4 heteroatoms. The van der Waals surface area contributed by atoms with E-state index in [0.29, 0.717) is 6.42 Å². The molecule has 0 saturated heterocycles. The lowest BCUT2D eigenvalue weighted by Crippen LogP contribution is -2.45. The lowest BCUT2D eigenvalue weighted by Gasteiger charge is -2.35. The van der Waals surface area contributed by atoms with Gasteiger partial charge in [-0.3, -0.25) is 4.74 Å². The molecule has 0 bridgehead atoms. The van der Waals surface area contributed by atoms with Crippen molar-refractivity contribution in [3.8, 4) is 0 Å². The molecule has 0 aromatic rings. The Balaban J connectivity index is 4.35. The van der Waals surface area contributed by atoms with Crippen LogP contribution in [0.3, 0.4) is 0 Å². The van der Waals surface area contributed by atoms with Crippen LogP contribution in [0.5, 0.6) is 0 Å². The largest absolute Gasteiger partial charge is 0.405 e. The van der Waals surface area contributed by atoms with Crippen molar-refractivity contribution in [2.24, 2.45) is 5.92 Å². The quantitative estimate of drug-likeness (QED) is 0.545. The Hall–Kier alpha value is -0.160. The minimum absolute atomic E-state index is 0.0910. The Kier molecular flexibility index (Phi) is 3.65. The average Bonchev–Trinajstić information content (AvgIpc) is 1.83. The van der Waals surface area contributed by atoms with Crippen molar-refractivity contribution in [2.75, 3.05) is 0 Å². The fraction of sp³-hybridized carbons (Fsp3) is 1.00. The van der Waals surface area contributed by atoms with Crippen molar-refractivity contribution < 1.29 is 20.1 Å². The number of hydrogen-bond acceptors (Lipinski definition) is 4. The van der Waals surface area contributed by atoms with Gasteiger partial charge in [-0.05, 0) is 19.3 Å². The van der Waals surface area contributed by atoms with Crippen molar-refractivity contribution in [3.63, 3.8) is 0 Å². The van der Waals surface area contributed by atoms with Crippen LogP contribution in [0.2, 0.25) is 0 Å². The van der Waals surface area contributed by atoms with Gasteiger partial charge in [0.2, 0.25) is 0 Å². The number of ether oxygens (including phenoxy) is 1. The molecule has 0 aromatic heterocycles. The van der Waals surface area contributed by atoms with E-state index in [1.165, 1.54) is 0 Å². The second-order valence-electron chi connectivity index (χ2n) is 3.50. The summed E-state index contributed by atoms with van der Waals surface area (Å²) < 4.78 is 4.70. The fourth-order valence-corrected chi connectivity index (χ4v) is 0.911. The minimum Gasteiger partial charge on any atom is -0.319 e. The Morgan fingerprint density at radius 2 is 1.67 bits per heavy atom. The van der Waals surface area contributed by atoms with Gasteiger partial charge in [0.05, 0.1) is 5.60 Å². The van der Waals surface area contributed by atoms with E-state index in [4.69, 9.17) is 20.1 Å². The van der Waals surface area contributed by atoms with Gasteiger partial charge in [0, 0.05) is 0 Å². The lowest BCUT2D eigenvalue weighted by molar-refractivity contribution is -0.482. The van der Waals surface area contributed by atoms with E-state index in [2.05, 4.69) is 0 Å². The van der Waals surface area contributed by atoms with Gasteiger partial charge in [0.15, 0.2) is 0 Å². The van der Waals surface area contributed by atoms with Gasteiger partial charge in [-0.1, -0.05) is 20.8 Å². The maximum atomic E-state index is 8.62. The van der Waals surface area contributed by atoms with Gasteiger partial charge < -0.3 is 15.3 Å². The van der Waals surface area contributed by atoms with Crippen LogP contribution in [-0.2, 0) is 4.74 Å². The average molecular weight is 178 g/mol. The van der Waals surface area contributed by atoms with Crippen LogP contribution in [-0.4, -0.2) is 27.1 Å². The van der Waals surface area contributed by atoms with Crippen molar-refractivity contribution in [2.45, 2.75) is 45.9 Å². The van der Waals surface area contributed by atoms with Crippen LogP contribution in [0, 0.1) is 5.92 Å². The maximum absolute atomic E-state index is 8.62. The third-order valence-corrected chi connectivity index (χ3v) is 2.29. The smallest absolute Gasteiger partial charge is 0.319 e. The first kappa shape index (κ1) is 11.8. The molecule has 0 amide bonds. The van der Waals surface area contributed by atoms with Gasteiger partial charge in [0.25, 0.3) is 0 Å². The first-order chi connectivity index (χ1) is 5.21. The Morgan fingerprint density at radius 1 is 1.25 bits per heavy atom. The summed E-state index contributed by atoms with van der Waals surface area (Å²) in [5.41, 5.74) is -0.724. The van der Waals surface area contributed by atoms with Crippen molar-refractivity contribution in [1.29, 1.82) is 0 Å². The number of hydrogen-bond donors (Lipinski definition) is 3. The molecule has 0 aliphatic carbocycles. The Morgan fingerprint density at radius 3 is 1.75 bits per heavy atom. The molecule has 0 spiro atoms. The number of rotatable bonds is 4. The molecule has 4 nitrogen and oxygen atoms in total. The molecule has 0 aliphatic rings. The van der Waals surface area contributed by atoms with E-state index in [-0.39, 0.29) is 5.92 Å². The van der Waals surface area contributed by atoms with Crippen LogP contribution in [0.15, 0.2) is 0 Å². The summed E-state index contributed by atoms with van der Waals surface area (Å²) in [4.78, 5) is 0. The summed E-state index contributed by atoms with van der Waals surface area (Å²) in [5.74, 6) is 0.0910. The molecule has 1 unspecified atom stereocenters. The summed E-state index contributed by atoms with van der Waals surface area (Å²) in [5, 5.41) is 25.9. The monoisotopic (exact) mass is 178 g/mol. The van der Waals surface area contributed by atoms with Crippen LogP contribution >= 0.6 is 0 Å². The lowest BCUT2D eigenvalue weighted by atomic mass is 9.90. The first-order valence-electron chi connectivity index (χ1n) is 4.08. The third kappa shape index (κ3) is 3.49. The van der Waals surface area contributed by atoms with Gasteiger partial charge >= 0.3 is 6.16 Å². The molecule has 0 heterocycles. The molecule has 0 aliphatic heterocycles. The molecule has 0 rings (SSSR count). The van der Waals surface area contributed by atoms with E-state index >= 15 is 0 Å². The summed E-state index contributed by atoms with van der Waals surface area (Å²) >= 11 is 0. The highest BCUT2D eigenvalue weighted by Gasteiger charge is 2.36. The minimum atomic E-state index is -3.03. The molecule has 1 atom stereocenters. The summed E-state index contributed by atoms with van der Waals surface area (Å²) in [6.45, 7) is 7.34. The standard InChI is InChI=1S/C8H18O4/c1-5-7(4,6(2)3)12-8(9,10)11/h6,9-11H,5H2,1-4H3. The number of aliphatic hydroxyl groups is 3. The SMILES string of the molecule is CCC(C)(OC(O)(O)O)C(C)C. The molecule has 0 fully saturated rings. The normalized spacial score (nSPS) is 18.0. The van der Waals surface area contributed by atoms with Crippen LogP contribution in [0.1, 0.15) is 34.1 Å². The molecule has 3 N–H and O–H groups in total. The molecule has 12 heavy (non-hydrogen) atoms. The van der Waals surface area contributed by atoms with Crippen molar-refractivity contribution >= 4 is 0 Å². The predicted octanol–water partition coefficient (Wildman–Crippen LogP) is 0.416. The first-order valence-corrected chi connectivity index (χ1v) is 4.08. The van der Waals surface area contributed by atoms with Crippen LogP contribution in [0.25, 0.3) is 0 Å². The molecule has 0 saturated carbocycles. The van der Waals surface area contributed by atoms with Crippen molar-refractivity contribution in [3.05, 3.63) is 0 Å². The highest BCUT2D eigenvalue weighted by molar-refractivity contribution is 4.77. The second-order valence-corrected chi connectivity index (χ2v) is 3.50. The Bertz CT molecular complexity index is 138.